The van der Waals surface area contributed by atoms with Crippen molar-refractivity contribution in [3.63, 3.8) is 0 Å². The number of aromatic nitrogens is 3. The van der Waals surface area contributed by atoms with Gasteiger partial charge in [-0.2, -0.15) is 0 Å². The zero-order valence-corrected chi connectivity index (χ0v) is 9.48. The van der Waals surface area contributed by atoms with Crippen LogP contribution >= 0.6 is 0 Å². The minimum atomic E-state index is -3.12. The maximum Gasteiger partial charge on any atom is 0.327 e. The van der Waals surface area contributed by atoms with Gasteiger partial charge in [-0.15, -0.1) is 5.10 Å². The summed E-state index contributed by atoms with van der Waals surface area (Å²) < 4.78 is 27.4. The summed E-state index contributed by atoms with van der Waals surface area (Å²) in [7, 11) is -3.12. The summed E-state index contributed by atoms with van der Waals surface area (Å²) in [5.74, 6) is -0.726. The summed E-state index contributed by atoms with van der Waals surface area (Å²) in [4.78, 5) is 14.8. The summed E-state index contributed by atoms with van der Waals surface area (Å²) in [5, 5.41) is 3.67. The highest BCUT2D eigenvalue weighted by Crippen LogP contribution is 1.92. The number of nitrogens with two attached hydrogens (primary N) is 1. The van der Waals surface area contributed by atoms with E-state index in [1.807, 2.05) is 0 Å². The molecular weight excluding hydrogens is 236 g/mol. The SMILES string of the molecule is CS(=O)(=O)CCOC(=O)Cn1cnc(N)n1. The van der Waals surface area contributed by atoms with Gasteiger partial charge in [0, 0.05) is 6.26 Å². The maximum atomic E-state index is 11.2. The Morgan fingerprint density at radius 2 is 2.31 bits per heavy atom. The first-order chi connectivity index (χ1) is 7.37. The Kier molecular flexibility index (Phi) is 3.82. The highest BCUT2D eigenvalue weighted by Gasteiger charge is 2.08. The second kappa shape index (κ2) is 4.92. The number of esters is 1. The molecule has 0 spiro atoms. The van der Waals surface area contributed by atoms with E-state index in [-0.39, 0.29) is 24.9 Å². The molecule has 0 aromatic carbocycles. The first-order valence-corrected chi connectivity index (χ1v) is 6.41. The van der Waals surface area contributed by atoms with Gasteiger partial charge in [-0.1, -0.05) is 0 Å². The van der Waals surface area contributed by atoms with Crippen LogP contribution in [0.4, 0.5) is 5.95 Å². The molecule has 8 nitrogen and oxygen atoms in total. The molecule has 1 aromatic rings. The fourth-order valence-corrected chi connectivity index (χ4v) is 1.26. The van der Waals surface area contributed by atoms with Crippen LogP contribution in [0.2, 0.25) is 0 Å². The minimum Gasteiger partial charge on any atom is -0.463 e. The van der Waals surface area contributed by atoms with Gasteiger partial charge in [0.05, 0.1) is 5.75 Å². The molecule has 0 saturated carbocycles. The number of sulfone groups is 1. The van der Waals surface area contributed by atoms with Gasteiger partial charge in [-0.25, -0.2) is 18.1 Å². The lowest BCUT2D eigenvalue weighted by Gasteiger charge is -2.03. The van der Waals surface area contributed by atoms with Crippen LogP contribution in [0.3, 0.4) is 0 Å². The maximum absolute atomic E-state index is 11.2. The van der Waals surface area contributed by atoms with Gasteiger partial charge >= 0.3 is 5.97 Å². The van der Waals surface area contributed by atoms with E-state index in [0.29, 0.717) is 0 Å². The number of ether oxygens (including phenoxy) is 1. The molecule has 0 fully saturated rings. The Balaban J connectivity index is 2.32. The van der Waals surface area contributed by atoms with Crippen molar-refractivity contribution in [1.82, 2.24) is 14.8 Å². The number of anilines is 1. The predicted octanol–water partition coefficient (Wildman–Crippen LogP) is -1.55. The van der Waals surface area contributed by atoms with Gasteiger partial charge in [-0.05, 0) is 0 Å². The van der Waals surface area contributed by atoms with Gasteiger partial charge in [0.15, 0.2) is 9.84 Å². The average Bonchev–Trinajstić information content (AvgIpc) is 2.48. The van der Waals surface area contributed by atoms with Crippen molar-refractivity contribution in [2.24, 2.45) is 0 Å². The molecule has 1 aromatic heterocycles. The molecule has 0 aliphatic rings. The van der Waals surface area contributed by atoms with E-state index in [9.17, 15) is 13.2 Å². The molecule has 90 valence electrons. The topological polar surface area (TPSA) is 117 Å². The monoisotopic (exact) mass is 248 g/mol. The van der Waals surface area contributed by atoms with E-state index in [4.69, 9.17) is 5.73 Å². The summed E-state index contributed by atoms with van der Waals surface area (Å²) in [6.45, 7) is -0.310. The molecular formula is C7H12N4O4S. The molecule has 0 unspecified atom stereocenters. The van der Waals surface area contributed by atoms with Crippen LogP contribution in [0.25, 0.3) is 0 Å². The number of nitrogens with zero attached hydrogens (tertiary/aromatic N) is 3. The van der Waals surface area contributed by atoms with Crippen molar-refractivity contribution in [3.05, 3.63) is 6.33 Å². The Morgan fingerprint density at radius 1 is 1.62 bits per heavy atom. The summed E-state index contributed by atoms with van der Waals surface area (Å²) in [6.07, 6.45) is 2.35. The van der Waals surface area contributed by atoms with Crippen LogP contribution in [0.15, 0.2) is 6.33 Å². The minimum absolute atomic E-state index is 0.0592. The largest absolute Gasteiger partial charge is 0.463 e. The highest BCUT2D eigenvalue weighted by molar-refractivity contribution is 7.90. The van der Waals surface area contributed by atoms with Crippen LogP contribution in [-0.2, 0) is 25.9 Å². The number of hydrogen-bond donors (Lipinski definition) is 1. The molecule has 0 aliphatic heterocycles. The molecule has 0 saturated heterocycles. The van der Waals surface area contributed by atoms with E-state index < -0.39 is 15.8 Å². The third kappa shape index (κ3) is 4.73. The van der Waals surface area contributed by atoms with Crippen LogP contribution < -0.4 is 5.73 Å². The second-order valence-corrected chi connectivity index (χ2v) is 5.41. The lowest BCUT2D eigenvalue weighted by Crippen LogP contribution is -2.18. The van der Waals surface area contributed by atoms with Crippen LogP contribution in [0.1, 0.15) is 0 Å². The summed E-state index contributed by atoms with van der Waals surface area (Å²) in [6, 6.07) is 0. The fourth-order valence-electron chi connectivity index (χ4n) is 0.870. The second-order valence-electron chi connectivity index (χ2n) is 3.15. The van der Waals surface area contributed by atoms with E-state index in [2.05, 4.69) is 14.8 Å². The van der Waals surface area contributed by atoms with Gasteiger partial charge in [0.25, 0.3) is 0 Å². The van der Waals surface area contributed by atoms with Gasteiger partial charge in [-0.3, -0.25) is 4.79 Å². The van der Waals surface area contributed by atoms with E-state index in [1.165, 1.54) is 11.0 Å². The van der Waals surface area contributed by atoms with Crippen molar-refractivity contribution in [2.45, 2.75) is 6.54 Å². The molecule has 0 amide bonds. The Hall–Kier alpha value is -1.64. The Bertz CT molecular complexity index is 466. The molecule has 0 aliphatic carbocycles. The van der Waals surface area contributed by atoms with E-state index >= 15 is 0 Å². The van der Waals surface area contributed by atoms with E-state index in [1.54, 1.807) is 0 Å². The lowest BCUT2D eigenvalue weighted by atomic mass is 10.6. The molecule has 1 rings (SSSR count). The molecule has 0 radical (unpaired) electrons. The predicted molar refractivity (Wildman–Crippen MR) is 55.1 cm³/mol. The number of carbonyl (C=O) groups is 1. The molecule has 2 N–H and O–H groups in total. The van der Waals surface area contributed by atoms with Crippen LogP contribution in [0, 0.1) is 0 Å². The third-order valence-electron chi connectivity index (χ3n) is 1.56. The van der Waals surface area contributed by atoms with Gasteiger partial charge < -0.3 is 10.5 Å². The van der Waals surface area contributed by atoms with Crippen molar-refractivity contribution in [3.8, 4) is 0 Å². The Morgan fingerprint density at radius 3 is 2.81 bits per heavy atom. The smallest absolute Gasteiger partial charge is 0.327 e. The van der Waals surface area contributed by atoms with Crippen molar-refractivity contribution < 1.29 is 17.9 Å². The molecule has 9 heteroatoms. The number of rotatable bonds is 5. The number of nitrogen functional groups attached to an aromatic ring is 1. The number of hydrogen-bond acceptors (Lipinski definition) is 7. The van der Waals surface area contributed by atoms with Crippen molar-refractivity contribution in [1.29, 1.82) is 0 Å². The molecule has 1 heterocycles. The van der Waals surface area contributed by atoms with Gasteiger partial charge in [0.1, 0.15) is 19.5 Å². The third-order valence-corrected chi connectivity index (χ3v) is 2.47. The van der Waals surface area contributed by atoms with Gasteiger partial charge in [0.2, 0.25) is 5.95 Å². The van der Waals surface area contributed by atoms with Crippen molar-refractivity contribution in [2.75, 3.05) is 24.3 Å². The Labute approximate surface area is 92.3 Å². The lowest BCUT2D eigenvalue weighted by molar-refractivity contribution is -0.143. The summed E-state index contributed by atoms with van der Waals surface area (Å²) >= 11 is 0. The molecule has 0 bridgehead atoms. The highest BCUT2D eigenvalue weighted by atomic mass is 32.2. The van der Waals surface area contributed by atoms with Crippen molar-refractivity contribution >= 4 is 21.8 Å². The zero-order chi connectivity index (χ0) is 12.2. The quantitative estimate of drug-likeness (QED) is 0.626. The first-order valence-electron chi connectivity index (χ1n) is 4.35. The average molecular weight is 248 g/mol. The van der Waals surface area contributed by atoms with Crippen LogP contribution in [-0.4, -0.2) is 47.8 Å². The fraction of sp³-hybridized carbons (Fsp3) is 0.571. The summed E-state index contributed by atoms with van der Waals surface area (Å²) in [5.41, 5.74) is 5.24. The standard InChI is InChI=1S/C7H12N4O4S/c1-16(13,14)3-2-15-6(12)4-11-5-9-7(8)10-11/h5H,2-4H2,1H3,(H2,8,10). The zero-order valence-electron chi connectivity index (χ0n) is 8.66. The normalized spacial score (nSPS) is 11.3. The first kappa shape index (κ1) is 12.4. The molecule has 0 atom stereocenters. The number of carbonyl (C=O) groups excluding carboxylic acids is 1. The molecule has 16 heavy (non-hydrogen) atoms. The van der Waals surface area contributed by atoms with Crippen LogP contribution in [0.5, 0.6) is 0 Å². The van der Waals surface area contributed by atoms with E-state index in [0.717, 1.165) is 6.26 Å².